The second-order valence-electron chi connectivity index (χ2n) is 5.91. The fourth-order valence-corrected chi connectivity index (χ4v) is 3.36. The van der Waals surface area contributed by atoms with Crippen LogP contribution < -0.4 is 9.47 Å². The predicted molar refractivity (Wildman–Crippen MR) is 110 cm³/mol. The van der Waals surface area contributed by atoms with Crippen LogP contribution in [0.4, 0.5) is 0 Å². The van der Waals surface area contributed by atoms with Crippen molar-refractivity contribution in [3.8, 4) is 34.0 Å². The van der Waals surface area contributed by atoms with Gasteiger partial charge in [-0.1, -0.05) is 11.8 Å². The highest BCUT2D eigenvalue weighted by Gasteiger charge is 2.15. The predicted octanol–water partition coefficient (Wildman–Crippen LogP) is 4.42. The molecule has 0 saturated heterocycles. The number of methoxy groups -OCH3 is 2. The summed E-state index contributed by atoms with van der Waals surface area (Å²) in [7, 11) is 3.29. The van der Waals surface area contributed by atoms with E-state index in [4.69, 9.17) is 19.2 Å². The number of hydrogen-bond donors (Lipinski definition) is 1. The van der Waals surface area contributed by atoms with E-state index in [-0.39, 0.29) is 5.97 Å². The maximum Gasteiger partial charge on any atom is 0.302 e. The molecule has 28 heavy (non-hydrogen) atoms. The smallest absolute Gasteiger partial charge is 0.302 e. The molecular formula is C21H22N2O4S. The Labute approximate surface area is 168 Å². The summed E-state index contributed by atoms with van der Waals surface area (Å²) in [5, 5.41) is 0.767. The van der Waals surface area contributed by atoms with Crippen molar-refractivity contribution in [1.29, 1.82) is 0 Å². The van der Waals surface area contributed by atoms with Crippen LogP contribution in [0.1, 0.15) is 6.92 Å². The minimum Gasteiger partial charge on any atom is -0.497 e. The molecule has 0 aliphatic rings. The van der Waals surface area contributed by atoms with Gasteiger partial charge in [-0.3, -0.25) is 4.79 Å². The van der Waals surface area contributed by atoms with Gasteiger partial charge in [-0.2, -0.15) is 0 Å². The summed E-state index contributed by atoms with van der Waals surface area (Å²) in [5.74, 6) is 1.93. The number of thioether (sulfide) groups is 1. The van der Waals surface area contributed by atoms with Crippen LogP contribution in [-0.4, -0.2) is 42.5 Å². The van der Waals surface area contributed by atoms with Gasteiger partial charge in [-0.15, -0.1) is 0 Å². The lowest BCUT2D eigenvalue weighted by molar-refractivity contribution is -0.140. The molecule has 0 bridgehead atoms. The molecule has 1 aromatic heterocycles. The number of carbonyl (C=O) groups is 1. The van der Waals surface area contributed by atoms with Gasteiger partial charge in [-0.05, 0) is 48.5 Å². The lowest BCUT2D eigenvalue weighted by Gasteiger charge is -2.06. The van der Waals surface area contributed by atoms with Gasteiger partial charge in [0.2, 0.25) is 0 Å². The van der Waals surface area contributed by atoms with Crippen LogP contribution in [0.25, 0.3) is 22.5 Å². The fraction of sp³-hybridized carbons (Fsp3) is 0.238. The van der Waals surface area contributed by atoms with E-state index in [1.165, 1.54) is 18.7 Å². The summed E-state index contributed by atoms with van der Waals surface area (Å²) in [6.45, 7) is 1.75. The van der Waals surface area contributed by atoms with E-state index in [9.17, 15) is 4.79 Å². The number of benzene rings is 2. The molecule has 0 fully saturated rings. The Bertz CT molecular complexity index is 856. The molecule has 1 N–H and O–H groups in total. The van der Waals surface area contributed by atoms with Gasteiger partial charge in [0.15, 0.2) is 5.16 Å². The highest BCUT2D eigenvalue weighted by Crippen LogP contribution is 2.34. The molecule has 0 aliphatic carbocycles. The summed E-state index contributed by atoms with van der Waals surface area (Å²) in [6, 6.07) is 15.6. The molecular weight excluding hydrogens is 376 g/mol. The number of rotatable bonds is 8. The van der Waals surface area contributed by atoms with E-state index in [1.807, 2.05) is 48.5 Å². The molecule has 0 aliphatic heterocycles. The summed E-state index contributed by atoms with van der Waals surface area (Å²) in [5.41, 5.74) is 3.76. The quantitative estimate of drug-likeness (QED) is 0.344. The third-order valence-corrected chi connectivity index (χ3v) is 4.89. The Kier molecular flexibility index (Phi) is 6.60. The van der Waals surface area contributed by atoms with E-state index >= 15 is 0 Å². The van der Waals surface area contributed by atoms with Gasteiger partial charge in [-0.25, -0.2) is 4.98 Å². The van der Waals surface area contributed by atoms with Crippen LogP contribution in [-0.2, 0) is 9.53 Å². The molecule has 0 saturated carbocycles. The van der Waals surface area contributed by atoms with E-state index < -0.39 is 0 Å². The number of hydrogen-bond acceptors (Lipinski definition) is 6. The molecule has 7 heteroatoms. The Morgan fingerprint density at radius 3 is 2.07 bits per heavy atom. The molecule has 0 radical (unpaired) electrons. The lowest BCUT2D eigenvalue weighted by Crippen LogP contribution is -2.02. The number of aromatic nitrogens is 2. The van der Waals surface area contributed by atoms with Crippen LogP contribution in [0.2, 0.25) is 0 Å². The van der Waals surface area contributed by atoms with Gasteiger partial charge in [0, 0.05) is 23.8 Å². The van der Waals surface area contributed by atoms with Crippen molar-refractivity contribution in [2.75, 3.05) is 26.6 Å². The largest absolute Gasteiger partial charge is 0.497 e. The molecule has 3 aromatic rings. The average Bonchev–Trinajstić information content (AvgIpc) is 3.15. The number of nitrogens with one attached hydrogen (secondary N) is 1. The van der Waals surface area contributed by atoms with Crippen LogP contribution >= 0.6 is 11.8 Å². The minimum atomic E-state index is -0.280. The molecule has 0 unspecified atom stereocenters. The van der Waals surface area contributed by atoms with Crippen LogP contribution in [0.5, 0.6) is 11.5 Å². The van der Waals surface area contributed by atoms with Crippen molar-refractivity contribution in [1.82, 2.24) is 9.97 Å². The molecule has 1 heterocycles. The van der Waals surface area contributed by atoms with E-state index in [0.717, 1.165) is 39.2 Å². The first-order valence-electron chi connectivity index (χ1n) is 8.75. The Morgan fingerprint density at radius 2 is 1.54 bits per heavy atom. The van der Waals surface area contributed by atoms with Crippen molar-refractivity contribution >= 4 is 17.7 Å². The fourth-order valence-electron chi connectivity index (χ4n) is 2.67. The van der Waals surface area contributed by atoms with E-state index in [0.29, 0.717) is 12.4 Å². The molecule has 0 amide bonds. The first kappa shape index (κ1) is 19.8. The van der Waals surface area contributed by atoms with Gasteiger partial charge in [0.25, 0.3) is 0 Å². The minimum absolute atomic E-state index is 0.280. The topological polar surface area (TPSA) is 73.4 Å². The standard InChI is InChI=1S/C21H22N2O4S/c1-14(24)27-12-13-28-21-22-19(15-4-8-17(25-2)9-5-15)20(23-21)16-6-10-18(26-3)11-7-16/h4-11H,12-13H2,1-3H3,(H,22,23). The highest BCUT2D eigenvalue weighted by molar-refractivity contribution is 7.99. The number of aromatic amines is 1. The third-order valence-electron chi connectivity index (χ3n) is 4.05. The number of esters is 1. The maximum absolute atomic E-state index is 10.9. The van der Waals surface area contributed by atoms with E-state index in [1.54, 1.807) is 14.2 Å². The van der Waals surface area contributed by atoms with E-state index in [2.05, 4.69) is 4.98 Å². The number of ether oxygens (including phenoxy) is 3. The first-order chi connectivity index (χ1) is 13.6. The zero-order chi connectivity index (χ0) is 19.9. The summed E-state index contributed by atoms with van der Waals surface area (Å²) in [6.07, 6.45) is 0. The zero-order valence-electron chi connectivity index (χ0n) is 16.0. The average molecular weight is 398 g/mol. The van der Waals surface area contributed by atoms with Gasteiger partial charge >= 0.3 is 5.97 Å². The third kappa shape index (κ3) is 4.86. The van der Waals surface area contributed by atoms with Crippen molar-refractivity contribution in [2.24, 2.45) is 0 Å². The van der Waals surface area contributed by atoms with Gasteiger partial charge in [0.1, 0.15) is 18.1 Å². The first-order valence-corrected chi connectivity index (χ1v) is 9.74. The molecule has 2 aromatic carbocycles. The van der Waals surface area contributed by atoms with Crippen LogP contribution in [0.3, 0.4) is 0 Å². The number of imidazole rings is 1. The van der Waals surface area contributed by atoms with Gasteiger partial charge in [0.05, 0.1) is 25.6 Å². The monoisotopic (exact) mass is 398 g/mol. The highest BCUT2D eigenvalue weighted by atomic mass is 32.2. The lowest BCUT2D eigenvalue weighted by atomic mass is 10.0. The van der Waals surface area contributed by atoms with Crippen molar-refractivity contribution in [2.45, 2.75) is 12.1 Å². The SMILES string of the molecule is COc1ccc(-c2nc(SCCOC(C)=O)[nH]c2-c2ccc(OC)cc2)cc1. The summed E-state index contributed by atoms with van der Waals surface area (Å²) in [4.78, 5) is 19.1. The molecule has 6 nitrogen and oxygen atoms in total. The van der Waals surface area contributed by atoms with Crippen molar-refractivity contribution in [3.63, 3.8) is 0 Å². The van der Waals surface area contributed by atoms with Crippen LogP contribution in [0.15, 0.2) is 53.7 Å². The Morgan fingerprint density at radius 1 is 0.964 bits per heavy atom. The normalized spacial score (nSPS) is 10.5. The Balaban J connectivity index is 1.91. The number of nitrogens with zero attached hydrogens (tertiary/aromatic N) is 1. The molecule has 0 spiro atoms. The number of H-pyrrole nitrogens is 1. The van der Waals surface area contributed by atoms with Crippen molar-refractivity contribution < 1.29 is 19.0 Å². The molecule has 146 valence electrons. The van der Waals surface area contributed by atoms with Gasteiger partial charge < -0.3 is 19.2 Å². The summed E-state index contributed by atoms with van der Waals surface area (Å²) < 4.78 is 15.5. The van der Waals surface area contributed by atoms with Crippen molar-refractivity contribution in [3.05, 3.63) is 48.5 Å². The second-order valence-corrected chi connectivity index (χ2v) is 6.99. The van der Waals surface area contributed by atoms with Crippen LogP contribution in [0, 0.1) is 0 Å². The Hall–Kier alpha value is -2.93. The molecule has 3 rings (SSSR count). The maximum atomic E-state index is 10.9. The second kappa shape index (κ2) is 9.32. The molecule has 0 atom stereocenters. The summed E-state index contributed by atoms with van der Waals surface area (Å²) >= 11 is 1.51. The zero-order valence-corrected chi connectivity index (χ0v) is 16.8. The number of carbonyl (C=O) groups excluding carboxylic acids is 1.